The van der Waals surface area contributed by atoms with E-state index in [1.165, 1.54) is 38.5 Å². The smallest absolute Gasteiger partial charge is 0.306 e. The molecule has 4 heteroatoms. The highest BCUT2D eigenvalue weighted by atomic mass is 16.5. The average Bonchev–Trinajstić information content (AvgIpc) is 2.72. The summed E-state index contributed by atoms with van der Waals surface area (Å²) in [6, 6.07) is 16.7. The Kier molecular flexibility index (Phi) is 5.10. The van der Waals surface area contributed by atoms with Gasteiger partial charge >= 0.3 is 5.97 Å². The molecule has 2 aromatic carbocycles. The minimum Gasteiger partial charge on any atom is -0.461 e. The highest BCUT2D eigenvalue weighted by Crippen LogP contribution is 2.61. The largest absolute Gasteiger partial charge is 0.461 e. The van der Waals surface area contributed by atoms with Crippen LogP contribution in [0, 0.1) is 23.2 Å². The lowest BCUT2D eigenvalue weighted by Crippen LogP contribution is -2.47. The Bertz CT molecular complexity index is 884. The van der Waals surface area contributed by atoms with Gasteiger partial charge in [-0.2, -0.15) is 0 Å². The molecule has 4 aliphatic rings. The van der Waals surface area contributed by atoms with Gasteiger partial charge in [-0.05, 0) is 91.5 Å². The molecule has 4 aliphatic carbocycles. The van der Waals surface area contributed by atoms with Gasteiger partial charge in [0.1, 0.15) is 6.61 Å². The molecule has 4 bridgehead atoms. The highest BCUT2D eigenvalue weighted by Gasteiger charge is 2.51. The zero-order chi connectivity index (χ0) is 20.6. The maximum absolute atomic E-state index is 12.6. The van der Waals surface area contributed by atoms with Crippen molar-refractivity contribution >= 4 is 17.6 Å². The fourth-order valence-electron chi connectivity index (χ4n) is 6.50. The first kappa shape index (κ1) is 19.3. The van der Waals surface area contributed by atoms with Crippen molar-refractivity contribution in [1.29, 1.82) is 0 Å². The third-order valence-electron chi connectivity index (χ3n) is 7.33. The second-order valence-corrected chi connectivity index (χ2v) is 9.77. The van der Waals surface area contributed by atoms with E-state index in [0.29, 0.717) is 12.0 Å². The quantitative estimate of drug-likeness (QED) is 0.640. The number of hydrogen-bond donors (Lipinski definition) is 1. The lowest BCUT2D eigenvalue weighted by molar-refractivity contribution is -0.153. The van der Waals surface area contributed by atoms with Crippen LogP contribution in [0.3, 0.4) is 0 Å². The number of nitrogens with one attached hydrogen (secondary N) is 1. The molecule has 0 heterocycles. The van der Waals surface area contributed by atoms with Crippen LogP contribution < -0.4 is 5.32 Å². The number of amides is 1. The second kappa shape index (κ2) is 7.90. The molecule has 4 nitrogen and oxygen atoms in total. The van der Waals surface area contributed by atoms with Gasteiger partial charge in [-0.3, -0.25) is 9.59 Å². The predicted molar refractivity (Wildman–Crippen MR) is 116 cm³/mol. The Morgan fingerprint density at radius 3 is 2.07 bits per heavy atom. The average molecular weight is 404 g/mol. The van der Waals surface area contributed by atoms with E-state index in [4.69, 9.17) is 4.74 Å². The molecule has 156 valence electrons. The summed E-state index contributed by atoms with van der Waals surface area (Å²) in [6.07, 6.45) is 8.40. The number of carbonyl (C=O) groups excluding carboxylic acids is 2. The van der Waals surface area contributed by atoms with Gasteiger partial charge in [0, 0.05) is 11.3 Å². The molecule has 0 saturated heterocycles. The van der Waals surface area contributed by atoms with Gasteiger partial charge in [0.15, 0.2) is 0 Å². The van der Waals surface area contributed by atoms with Crippen molar-refractivity contribution in [3.8, 4) is 0 Å². The molecule has 4 fully saturated rings. The number of benzene rings is 2. The van der Waals surface area contributed by atoms with Crippen LogP contribution >= 0.6 is 0 Å². The summed E-state index contributed by atoms with van der Waals surface area (Å²) in [5.41, 5.74) is 2.48. The van der Waals surface area contributed by atoms with Gasteiger partial charge in [-0.25, -0.2) is 0 Å². The normalized spacial score (nSPS) is 28.9. The first-order valence-corrected chi connectivity index (χ1v) is 11.2. The first-order chi connectivity index (χ1) is 14.6. The van der Waals surface area contributed by atoms with E-state index in [1.54, 1.807) is 12.1 Å². The van der Waals surface area contributed by atoms with Gasteiger partial charge < -0.3 is 10.1 Å². The van der Waals surface area contributed by atoms with E-state index >= 15 is 0 Å². The number of hydrogen-bond acceptors (Lipinski definition) is 3. The standard InChI is InChI=1S/C26H29NO3/c28-24(16-26-13-19-10-20(14-26)12-21(11-19)15-26)30-17-18-6-8-22(9-7-18)25(29)27-23-4-2-1-3-5-23/h1-9,19-21H,10-17H2,(H,27,29). The summed E-state index contributed by atoms with van der Waals surface area (Å²) >= 11 is 0. The van der Waals surface area contributed by atoms with E-state index < -0.39 is 0 Å². The fraction of sp³-hybridized carbons (Fsp3) is 0.462. The summed E-state index contributed by atoms with van der Waals surface area (Å²) in [6.45, 7) is 0.270. The third-order valence-corrected chi connectivity index (χ3v) is 7.33. The van der Waals surface area contributed by atoms with Gasteiger partial charge in [0.25, 0.3) is 5.91 Å². The molecule has 2 aromatic rings. The Morgan fingerprint density at radius 1 is 0.867 bits per heavy atom. The van der Waals surface area contributed by atoms with Crippen LogP contribution in [0.5, 0.6) is 0 Å². The molecule has 0 radical (unpaired) electrons. The molecule has 6 rings (SSSR count). The zero-order valence-corrected chi connectivity index (χ0v) is 17.3. The lowest BCUT2D eigenvalue weighted by atomic mass is 9.49. The van der Waals surface area contributed by atoms with Crippen LogP contribution in [-0.2, 0) is 16.1 Å². The van der Waals surface area contributed by atoms with Crippen molar-refractivity contribution in [2.45, 2.75) is 51.6 Å². The molecule has 0 spiro atoms. The molecule has 1 amide bonds. The topological polar surface area (TPSA) is 55.4 Å². The Morgan fingerprint density at radius 2 is 1.47 bits per heavy atom. The predicted octanol–water partition coefficient (Wildman–Crippen LogP) is 5.59. The number of para-hydroxylation sites is 1. The van der Waals surface area contributed by atoms with Crippen LogP contribution in [0.4, 0.5) is 5.69 Å². The van der Waals surface area contributed by atoms with Crippen LogP contribution in [-0.4, -0.2) is 11.9 Å². The van der Waals surface area contributed by atoms with Crippen LogP contribution in [0.15, 0.2) is 54.6 Å². The molecule has 0 aromatic heterocycles. The maximum atomic E-state index is 12.6. The van der Waals surface area contributed by atoms with Gasteiger partial charge in [-0.1, -0.05) is 30.3 Å². The third kappa shape index (κ3) is 4.14. The number of rotatable bonds is 6. The minimum absolute atomic E-state index is 0.0668. The van der Waals surface area contributed by atoms with Crippen molar-refractivity contribution in [1.82, 2.24) is 0 Å². The summed E-state index contributed by atoms with van der Waals surface area (Å²) in [4.78, 5) is 24.9. The summed E-state index contributed by atoms with van der Waals surface area (Å²) in [5, 5.41) is 2.88. The molecule has 4 saturated carbocycles. The minimum atomic E-state index is -0.147. The first-order valence-electron chi connectivity index (χ1n) is 11.2. The van der Waals surface area contributed by atoms with Crippen molar-refractivity contribution in [2.24, 2.45) is 23.2 Å². The van der Waals surface area contributed by atoms with Crippen molar-refractivity contribution in [3.05, 3.63) is 65.7 Å². The summed E-state index contributed by atoms with van der Waals surface area (Å²) < 4.78 is 5.62. The summed E-state index contributed by atoms with van der Waals surface area (Å²) in [5.74, 6) is 2.32. The van der Waals surface area contributed by atoms with Crippen LogP contribution in [0.25, 0.3) is 0 Å². The molecular weight excluding hydrogens is 374 g/mol. The Labute approximate surface area is 178 Å². The second-order valence-electron chi connectivity index (χ2n) is 9.77. The Balaban J connectivity index is 1.13. The van der Waals surface area contributed by atoms with E-state index in [0.717, 1.165) is 29.0 Å². The summed E-state index contributed by atoms with van der Waals surface area (Å²) in [7, 11) is 0. The molecule has 0 atom stereocenters. The maximum Gasteiger partial charge on any atom is 0.306 e. The lowest BCUT2D eigenvalue weighted by Gasteiger charge is -2.56. The van der Waals surface area contributed by atoms with Gasteiger partial charge in [-0.15, -0.1) is 0 Å². The highest BCUT2D eigenvalue weighted by molar-refractivity contribution is 6.04. The van der Waals surface area contributed by atoms with Crippen LogP contribution in [0.1, 0.15) is 60.9 Å². The number of carbonyl (C=O) groups is 2. The van der Waals surface area contributed by atoms with E-state index in [9.17, 15) is 9.59 Å². The van der Waals surface area contributed by atoms with Crippen LogP contribution in [0.2, 0.25) is 0 Å². The van der Waals surface area contributed by atoms with Crippen molar-refractivity contribution < 1.29 is 14.3 Å². The Hall–Kier alpha value is -2.62. The van der Waals surface area contributed by atoms with E-state index in [-0.39, 0.29) is 23.9 Å². The number of anilines is 1. The molecule has 30 heavy (non-hydrogen) atoms. The van der Waals surface area contributed by atoms with Gasteiger partial charge in [0.05, 0.1) is 6.42 Å². The number of ether oxygens (including phenoxy) is 1. The van der Waals surface area contributed by atoms with E-state index in [2.05, 4.69) is 5.32 Å². The molecule has 0 aliphatic heterocycles. The zero-order valence-electron chi connectivity index (χ0n) is 17.3. The van der Waals surface area contributed by atoms with E-state index in [1.807, 2.05) is 42.5 Å². The monoisotopic (exact) mass is 403 g/mol. The van der Waals surface area contributed by atoms with Crippen molar-refractivity contribution in [2.75, 3.05) is 5.32 Å². The molecular formula is C26H29NO3. The molecule has 1 N–H and O–H groups in total. The molecule has 0 unspecified atom stereocenters. The van der Waals surface area contributed by atoms with Crippen molar-refractivity contribution in [3.63, 3.8) is 0 Å². The SMILES string of the molecule is O=C(CC12CC3CC(CC(C3)C1)C2)OCc1ccc(C(=O)Nc2ccccc2)cc1. The fourth-order valence-corrected chi connectivity index (χ4v) is 6.50. The number of esters is 1. The van der Waals surface area contributed by atoms with Gasteiger partial charge in [0.2, 0.25) is 0 Å².